The highest BCUT2D eigenvalue weighted by atomic mass is 32.1. The summed E-state index contributed by atoms with van der Waals surface area (Å²) in [6.07, 6.45) is 1.69. The minimum Gasteiger partial charge on any atom is -0.421 e. The minimum atomic E-state index is 0.120. The van der Waals surface area contributed by atoms with Crippen LogP contribution in [0.2, 0.25) is 0 Å². The molecule has 122 valence electrons. The Labute approximate surface area is 143 Å². The van der Waals surface area contributed by atoms with Gasteiger partial charge in [0.2, 0.25) is 11.8 Å². The minimum absolute atomic E-state index is 0.120. The number of carbonyl (C=O) groups is 1. The second kappa shape index (κ2) is 6.57. The number of aromatic nitrogens is 2. The summed E-state index contributed by atoms with van der Waals surface area (Å²) in [7, 11) is 0. The van der Waals surface area contributed by atoms with Crippen LogP contribution in [-0.4, -0.2) is 34.1 Å². The van der Waals surface area contributed by atoms with Crippen molar-refractivity contribution in [3.05, 3.63) is 58.6 Å². The quantitative estimate of drug-likeness (QED) is 0.730. The molecule has 24 heavy (non-hydrogen) atoms. The molecule has 1 aliphatic rings. The number of amides is 1. The van der Waals surface area contributed by atoms with Gasteiger partial charge in [0.25, 0.3) is 5.91 Å². The molecule has 0 saturated carbocycles. The second-order valence-corrected chi connectivity index (χ2v) is 6.77. The van der Waals surface area contributed by atoms with Crippen LogP contribution in [0.5, 0.6) is 0 Å². The van der Waals surface area contributed by atoms with Gasteiger partial charge in [-0.2, -0.15) is 11.3 Å². The number of carbonyl (C=O) groups excluding carboxylic acids is 1. The molecule has 0 spiro atoms. The number of likely N-dealkylation sites (tertiary alicyclic amines) is 1. The Morgan fingerprint density at radius 1 is 1.25 bits per heavy atom. The van der Waals surface area contributed by atoms with E-state index in [0.29, 0.717) is 24.1 Å². The van der Waals surface area contributed by atoms with Crippen molar-refractivity contribution in [1.29, 1.82) is 0 Å². The number of nitrogens with zero attached hydrogens (tertiary/aromatic N) is 3. The van der Waals surface area contributed by atoms with Gasteiger partial charge in [0.1, 0.15) is 0 Å². The Hall–Kier alpha value is -2.47. The zero-order chi connectivity index (χ0) is 16.4. The summed E-state index contributed by atoms with van der Waals surface area (Å²) >= 11 is 1.55. The van der Waals surface area contributed by atoms with Gasteiger partial charge >= 0.3 is 0 Å². The van der Waals surface area contributed by atoms with E-state index < -0.39 is 0 Å². The van der Waals surface area contributed by atoms with Crippen molar-refractivity contribution in [2.45, 2.75) is 12.8 Å². The lowest BCUT2D eigenvalue weighted by atomic mass is 10.1. The summed E-state index contributed by atoms with van der Waals surface area (Å²) in [6.45, 7) is 1.54. The van der Waals surface area contributed by atoms with E-state index in [9.17, 15) is 4.79 Å². The first-order valence-corrected chi connectivity index (χ1v) is 8.93. The summed E-state index contributed by atoms with van der Waals surface area (Å²) in [5, 5.41) is 12.1. The van der Waals surface area contributed by atoms with Crippen LogP contribution in [0.4, 0.5) is 0 Å². The Morgan fingerprint density at radius 2 is 2.12 bits per heavy atom. The first-order chi connectivity index (χ1) is 11.8. The van der Waals surface area contributed by atoms with E-state index in [1.54, 1.807) is 11.3 Å². The highest BCUT2D eigenvalue weighted by Gasteiger charge is 2.28. The third-order valence-electron chi connectivity index (χ3n) is 4.29. The first-order valence-electron chi connectivity index (χ1n) is 7.99. The van der Waals surface area contributed by atoms with Crippen molar-refractivity contribution in [1.82, 2.24) is 15.1 Å². The topological polar surface area (TPSA) is 59.2 Å². The van der Waals surface area contributed by atoms with Crippen molar-refractivity contribution in [3.8, 4) is 11.5 Å². The molecule has 1 unspecified atom stereocenters. The standard InChI is InChI=1S/C18H17N3O2S/c22-18(15-7-9-24-12-15)21-8-6-13(11-21)10-16-19-20-17(23-16)14-4-2-1-3-5-14/h1-5,7,9,12-13H,6,8,10-11H2. The Morgan fingerprint density at radius 3 is 2.92 bits per heavy atom. The molecule has 3 heterocycles. The fourth-order valence-electron chi connectivity index (χ4n) is 3.03. The Balaban J connectivity index is 1.39. The number of thiophene rings is 1. The number of benzene rings is 1. The average Bonchev–Trinajstić information content (AvgIpc) is 3.37. The average molecular weight is 339 g/mol. The molecule has 3 aromatic rings. The molecule has 1 fully saturated rings. The number of hydrogen-bond donors (Lipinski definition) is 0. The summed E-state index contributed by atoms with van der Waals surface area (Å²) < 4.78 is 5.78. The largest absolute Gasteiger partial charge is 0.421 e. The fourth-order valence-corrected chi connectivity index (χ4v) is 3.66. The van der Waals surface area contributed by atoms with Gasteiger partial charge in [0.05, 0.1) is 5.56 Å². The molecule has 1 aromatic carbocycles. The zero-order valence-electron chi connectivity index (χ0n) is 13.1. The van der Waals surface area contributed by atoms with Crippen LogP contribution in [0.1, 0.15) is 22.7 Å². The van der Waals surface area contributed by atoms with E-state index >= 15 is 0 Å². The zero-order valence-corrected chi connectivity index (χ0v) is 13.9. The summed E-state index contributed by atoms with van der Waals surface area (Å²) in [5.41, 5.74) is 1.71. The molecule has 5 nitrogen and oxygen atoms in total. The van der Waals surface area contributed by atoms with Crippen molar-refractivity contribution in [2.75, 3.05) is 13.1 Å². The van der Waals surface area contributed by atoms with Crippen LogP contribution in [0.15, 0.2) is 51.6 Å². The van der Waals surface area contributed by atoms with E-state index in [2.05, 4.69) is 10.2 Å². The van der Waals surface area contributed by atoms with E-state index in [1.807, 2.05) is 52.1 Å². The molecule has 0 bridgehead atoms. The van der Waals surface area contributed by atoms with Gasteiger partial charge in [-0.15, -0.1) is 10.2 Å². The van der Waals surface area contributed by atoms with E-state index in [0.717, 1.165) is 30.6 Å². The summed E-state index contributed by atoms with van der Waals surface area (Å²) in [6, 6.07) is 11.6. The van der Waals surface area contributed by atoms with Gasteiger partial charge in [-0.05, 0) is 35.9 Å². The maximum absolute atomic E-state index is 12.4. The SMILES string of the molecule is O=C(c1ccsc1)N1CCC(Cc2nnc(-c3ccccc3)o2)C1. The summed E-state index contributed by atoms with van der Waals surface area (Å²) in [5.74, 6) is 1.68. The van der Waals surface area contributed by atoms with Gasteiger partial charge < -0.3 is 9.32 Å². The molecule has 0 aliphatic carbocycles. The third kappa shape index (κ3) is 3.10. The number of hydrogen-bond acceptors (Lipinski definition) is 5. The fraction of sp³-hybridized carbons (Fsp3) is 0.278. The van der Waals surface area contributed by atoms with Gasteiger partial charge in [-0.3, -0.25) is 4.79 Å². The van der Waals surface area contributed by atoms with Crippen LogP contribution >= 0.6 is 11.3 Å². The number of rotatable bonds is 4. The normalized spacial score (nSPS) is 17.3. The van der Waals surface area contributed by atoms with E-state index in [1.165, 1.54) is 0 Å². The molecule has 1 saturated heterocycles. The molecule has 0 radical (unpaired) electrons. The molecule has 6 heteroatoms. The van der Waals surface area contributed by atoms with Gasteiger partial charge in [-0.25, -0.2) is 0 Å². The van der Waals surface area contributed by atoms with Crippen LogP contribution in [0.3, 0.4) is 0 Å². The molecule has 1 amide bonds. The third-order valence-corrected chi connectivity index (χ3v) is 4.98. The van der Waals surface area contributed by atoms with Gasteiger partial charge in [-0.1, -0.05) is 18.2 Å². The van der Waals surface area contributed by atoms with Crippen LogP contribution in [-0.2, 0) is 6.42 Å². The van der Waals surface area contributed by atoms with Crippen LogP contribution in [0, 0.1) is 5.92 Å². The van der Waals surface area contributed by atoms with Crippen molar-refractivity contribution in [2.24, 2.45) is 5.92 Å². The van der Waals surface area contributed by atoms with Gasteiger partial charge in [0.15, 0.2) is 0 Å². The molecule has 2 aromatic heterocycles. The van der Waals surface area contributed by atoms with Crippen LogP contribution < -0.4 is 0 Å². The van der Waals surface area contributed by atoms with E-state index in [-0.39, 0.29) is 5.91 Å². The molecular formula is C18H17N3O2S. The molecule has 1 atom stereocenters. The molecule has 0 N–H and O–H groups in total. The molecule has 4 rings (SSSR count). The van der Waals surface area contributed by atoms with Crippen molar-refractivity contribution in [3.63, 3.8) is 0 Å². The lowest BCUT2D eigenvalue weighted by molar-refractivity contribution is 0.0787. The summed E-state index contributed by atoms with van der Waals surface area (Å²) in [4.78, 5) is 14.3. The lowest BCUT2D eigenvalue weighted by Gasteiger charge is -2.15. The highest BCUT2D eigenvalue weighted by Crippen LogP contribution is 2.24. The highest BCUT2D eigenvalue weighted by molar-refractivity contribution is 7.08. The maximum atomic E-state index is 12.4. The lowest BCUT2D eigenvalue weighted by Crippen LogP contribution is -2.28. The van der Waals surface area contributed by atoms with E-state index in [4.69, 9.17) is 4.42 Å². The monoisotopic (exact) mass is 339 g/mol. The van der Waals surface area contributed by atoms with Crippen molar-refractivity contribution < 1.29 is 9.21 Å². The van der Waals surface area contributed by atoms with Crippen LogP contribution in [0.25, 0.3) is 11.5 Å². The first kappa shape index (κ1) is 15.1. The predicted octanol–water partition coefficient (Wildman–Crippen LogP) is 3.50. The van der Waals surface area contributed by atoms with Crippen molar-refractivity contribution >= 4 is 17.2 Å². The molecule has 1 aliphatic heterocycles. The van der Waals surface area contributed by atoms with Gasteiger partial charge in [0, 0.05) is 30.5 Å². The maximum Gasteiger partial charge on any atom is 0.254 e. The Kier molecular flexibility index (Phi) is 4.13. The second-order valence-electron chi connectivity index (χ2n) is 5.99. The Bertz CT molecular complexity index is 814. The smallest absolute Gasteiger partial charge is 0.254 e. The molecular weight excluding hydrogens is 322 g/mol. The predicted molar refractivity (Wildman–Crippen MR) is 91.8 cm³/mol.